The molecule has 2 heterocycles. The van der Waals surface area contributed by atoms with Crippen molar-refractivity contribution in [1.82, 2.24) is 0 Å². The highest BCUT2D eigenvalue weighted by atomic mass is 32.9. The topological polar surface area (TPSA) is 46.6 Å². The number of benzene rings is 1. The second-order valence-electron chi connectivity index (χ2n) is 6.26. The molecule has 1 aliphatic heterocycles. The number of hydrogen-bond donors (Lipinski definition) is 0. The van der Waals surface area contributed by atoms with Crippen molar-refractivity contribution in [3.63, 3.8) is 0 Å². The number of rotatable bonds is 5. The quantitative estimate of drug-likeness (QED) is 0.380. The largest absolute Gasteiger partial charge is 0.465 e. The van der Waals surface area contributed by atoms with Gasteiger partial charge in [-0.3, -0.25) is 9.59 Å². The van der Waals surface area contributed by atoms with Crippen molar-refractivity contribution in [3.05, 3.63) is 33.0 Å². The predicted octanol–water partition coefficient (Wildman–Crippen LogP) is 5.08. The molecule has 1 amide bonds. The predicted molar refractivity (Wildman–Crippen MR) is 113 cm³/mol. The lowest BCUT2D eigenvalue weighted by atomic mass is 9.87. The van der Waals surface area contributed by atoms with Gasteiger partial charge in [-0.25, -0.2) is 0 Å². The van der Waals surface area contributed by atoms with Crippen molar-refractivity contribution >= 4 is 62.2 Å². The second kappa shape index (κ2) is 7.80. The first-order chi connectivity index (χ1) is 12.4. The number of thioether (sulfide) groups is 1. The summed E-state index contributed by atoms with van der Waals surface area (Å²) in [6, 6.07) is 7.89. The summed E-state index contributed by atoms with van der Waals surface area (Å²) in [5, 5.41) is 0. The van der Waals surface area contributed by atoms with Crippen LogP contribution in [-0.2, 0) is 19.9 Å². The summed E-state index contributed by atoms with van der Waals surface area (Å²) in [4.78, 5) is 27.6. The summed E-state index contributed by atoms with van der Waals surface area (Å²) in [6.07, 6.45) is 0. The van der Waals surface area contributed by atoms with E-state index in [1.54, 1.807) is 27.6 Å². The highest BCUT2D eigenvalue weighted by Crippen LogP contribution is 2.51. The molecule has 138 valence electrons. The SMILES string of the molecule is CCOC(=O)CSCC(=O)N1c2ccccc2-c2c(ssc2=S)C1(C)C. The summed E-state index contributed by atoms with van der Waals surface area (Å²) < 4.78 is 5.79. The van der Waals surface area contributed by atoms with Crippen LogP contribution in [0, 0.1) is 3.82 Å². The molecule has 26 heavy (non-hydrogen) atoms. The van der Waals surface area contributed by atoms with E-state index in [9.17, 15) is 9.59 Å². The normalized spacial score (nSPS) is 14.5. The van der Waals surface area contributed by atoms with E-state index in [2.05, 4.69) is 0 Å². The molecule has 0 saturated heterocycles. The van der Waals surface area contributed by atoms with E-state index in [-0.39, 0.29) is 23.4 Å². The number of esters is 1. The van der Waals surface area contributed by atoms with E-state index >= 15 is 0 Å². The zero-order valence-corrected chi connectivity index (χ0v) is 18.0. The number of amides is 1. The fourth-order valence-corrected chi connectivity index (χ4v) is 7.05. The molecule has 8 heteroatoms. The van der Waals surface area contributed by atoms with E-state index < -0.39 is 5.54 Å². The summed E-state index contributed by atoms with van der Waals surface area (Å²) >= 11 is 6.83. The smallest absolute Gasteiger partial charge is 0.315 e. The Kier molecular flexibility index (Phi) is 5.86. The van der Waals surface area contributed by atoms with Gasteiger partial charge in [0, 0.05) is 11.1 Å². The number of hydrogen-bond acceptors (Lipinski definition) is 7. The van der Waals surface area contributed by atoms with Gasteiger partial charge in [-0.1, -0.05) is 51.1 Å². The van der Waals surface area contributed by atoms with Crippen LogP contribution in [-0.4, -0.2) is 30.0 Å². The number of anilines is 1. The lowest BCUT2D eigenvalue weighted by Crippen LogP contribution is -2.48. The van der Waals surface area contributed by atoms with E-state index in [1.807, 2.05) is 43.0 Å². The Labute approximate surface area is 169 Å². The third-order valence-corrected chi connectivity index (χ3v) is 8.38. The summed E-state index contributed by atoms with van der Waals surface area (Å²) in [5.41, 5.74) is 2.49. The fraction of sp³-hybridized carbons (Fsp3) is 0.389. The minimum absolute atomic E-state index is 0.0216. The van der Waals surface area contributed by atoms with Gasteiger partial charge in [0.2, 0.25) is 5.91 Å². The van der Waals surface area contributed by atoms with Crippen LogP contribution < -0.4 is 4.90 Å². The molecule has 0 spiro atoms. The fourth-order valence-electron chi connectivity index (χ4n) is 3.11. The van der Waals surface area contributed by atoms with E-state index in [0.717, 1.165) is 25.5 Å². The third-order valence-electron chi connectivity index (χ3n) is 4.16. The van der Waals surface area contributed by atoms with E-state index in [4.69, 9.17) is 17.0 Å². The van der Waals surface area contributed by atoms with Crippen LogP contribution in [0.15, 0.2) is 24.3 Å². The Morgan fingerprint density at radius 2 is 1.96 bits per heavy atom. The van der Waals surface area contributed by atoms with Crippen molar-refractivity contribution in [1.29, 1.82) is 0 Å². The Morgan fingerprint density at radius 3 is 2.69 bits per heavy atom. The zero-order valence-electron chi connectivity index (χ0n) is 14.7. The van der Waals surface area contributed by atoms with Gasteiger partial charge in [-0.05, 0) is 26.8 Å². The van der Waals surface area contributed by atoms with Gasteiger partial charge >= 0.3 is 5.97 Å². The highest BCUT2D eigenvalue weighted by molar-refractivity contribution is 8.00. The van der Waals surface area contributed by atoms with Crippen LogP contribution >= 0.6 is 44.7 Å². The number of carbonyl (C=O) groups excluding carboxylic acids is 2. The van der Waals surface area contributed by atoms with E-state index in [0.29, 0.717) is 6.61 Å². The van der Waals surface area contributed by atoms with Crippen molar-refractivity contribution in [2.24, 2.45) is 0 Å². The molecule has 0 atom stereocenters. The van der Waals surface area contributed by atoms with Gasteiger partial charge < -0.3 is 9.64 Å². The number of nitrogens with zero attached hydrogens (tertiary/aromatic N) is 1. The van der Waals surface area contributed by atoms with Gasteiger partial charge in [0.25, 0.3) is 0 Å². The van der Waals surface area contributed by atoms with Crippen LogP contribution in [0.5, 0.6) is 0 Å². The first-order valence-corrected chi connectivity index (χ1v) is 11.9. The average molecular weight is 426 g/mol. The Hall–Kier alpha value is -1.22. The molecule has 3 rings (SSSR count). The maximum Gasteiger partial charge on any atom is 0.315 e. The standard InChI is InChI=1S/C18H19NO3S4/c1-4-22-14(21)10-24-9-13(20)19-12-8-6-5-7-11(12)15-16(18(19,2)3)25-26-17(15)23/h5-8H,4,9-10H2,1-3H3. The lowest BCUT2D eigenvalue weighted by molar-refractivity contribution is -0.139. The van der Waals surface area contributed by atoms with Gasteiger partial charge in [0.05, 0.1) is 34.2 Å². The molecule has 4 nitrogen and oxygen atoms in total. The Morgan fingerprint density at radius 1 is 1.23 bits per heavy atom. The van der Waals surface area contributed by atoms with Gasteiger partial charge in [-0.15, -0.1) is 11.8 Å². The van der Waals surface area contributed by atoms with Crippen LogP contribution in [0.1, 0.15) is 25.6 Å². The molecule has 0 bridgehead atoms. The number of carbonyl (C=O) groups is 2. The first-order valence-electron chi connectivity index (χ1n) is 8.17. The molecular formula is C18H19NO3S4. The molecule has 0 aliphatic carbocycles. The third kappa shape index (κ3) is 3.47. The van der Waals surface area contributed by atoms with E-state index in [1.165, 1.54) is 11.8 Å². The number of fused-ring (bicyclic) bond motifs is 3. The Balaban J connectivity index is 1.91. The molecule has 1 aromatic carbocycles. The molecule has 1 aliphatic rings. The van der Waals surface area contributed by atoms with Gasteiger partial charge in [0.1, 0.15) is 3.82 Å². The molecule has 0 fully saturated rings. The van der Waals surface area contributed by atoms with Gasteiger partial charge in [0.15, 0.2) is 0 Å². The number of ether oxygens (including phenoxy) is 1. The number of para-hydroxylation sites is 1. The summed E-state index contributed by atoms with van der Waals surface area (Å²) in [6.45, 7) is 6.22. The summed E-state index contributed by atoms with van der Waals surface area (Å²) in [7, 11) is 3.22. The van der Waals surface area contributed by atoms with Crippen molar-refractivity contribution in [2.45, 2.75) is 26.3 Å². The van der Waals surface area contributed by atoms with Gasteiger partial charge in [-0.2, -0.15) is 0 Å². The van der Waals surface area contributed by atoms with Crippen molar-refractivity contribution in [2.75, 3.05) is 23.0 Å². The second-order valence-corrected chi connectivity index (χ2v) is 10.1. The molecular weight excluding hydrogens is 406 g/mol. The van der Waals surface area contributed by atoms with Crippen LogP contribution in [0.3, 0.4) is 0 Å². The average Bonchev–Trinajstić information content (AvgIpc) is 2.98. The minimum atomic E-state index is -0.483. The minimum Gasteiger partial charge on any atom is -0.465 e. The molecule has 1 aromatic heterocycles. The summed E-state index contributed by atoms with van der Waals surface area (Å²) in [5.74, 6) is 0.0907. The monoisotopic (exact) mass is 425 g/mol. The zero-order chi connectivity index (χ0) is 18.9. The molecule has 0 radical (unpaired) electrons. The van der Waals surface area contributed by atoms with Crippen molar-refractivity contribution in [3.8, 4) is 11.1 Å². The van der Waals surface area contributed by atoms with Crippen LogP contribution in [0.4, 0.5) is 5.69 Å². The highest BCUT2D eigenvalue weighted by Gasteiger charge is 2.42. The van der Waals surface area contributed by atoms with Crippen LogP contribution in [0.25, 0.3) is 11.1 Å². The van der Waals surface area contributed by atoms with Crippen LogP contribution in [0.2, 0.25) is 0 Å². The first kappa shape index (κ1) is 19.5. The van der Waals surface area contributed by atoms with Crippen molar-refractivity contribution < 1.29 is 14.3 Å². The maximum atomic E-state index is 13.1. The molecule has 2 aromatic rings. The molecule has 0 saturated carbocycles. The Bertz CT molecular complexity index is 900. The lowest BCUT2D eigenvalue weighted by Gasteiger charge is -2.42. The molecule has 0 N–H and O–H groups in total. The maximum absolute atomic E-state index is 13.1. The molecule has 0 unspecified atom stereocenters.